The van der Waals surface area contributed by atoms with Crippen molar-refractivity contribution in [3.63, 3.8) is 0 Å². The predicted molar refractivity (Wildman–Crippen MR) is 175 cm³/mol. The minimum Gasteiger partial charge on any atom is -0.577 e. The molecule has 0 saturated heterocycles. The lowest BCUT2D eigenvalue weighted by atomic mass is 9.97. The van der Waals surface area contributed by atoms with Gasteiger partial charge in [-0.3, -0.25) is 0 Å². The van der Waals surface area contributed by atoms with Crippen molar-refractivity contribution in [2.75, 3.05) is 0 Å². The normalized spacial score (nSPS) is 11.1. The van der Waals surface area contributed by atoms with Gasteiger partial charge in [-0.05, 0) is 67.6 Å². The Morgan fingerprint density at radius 2 is 1.02 bits per heavy atom. The highest BCUT2D eigenvalue weighted by Crippen LogP contribution is 2.35. The smallest absolute Gasteiger partial charge is 0.577 e. The van der Waals surface area contributed by atoms with E-state index in [1.54, 1.807) is 0 Å². The van der Waals surface area contributed by atoms with Gasteiger partial charge in [-0.1, -0.05) is 96.6 Å². The van der Waals surface area contributed by atoms with Crippen LogP contribution in [0.2, 0.25) is 0 Å². The van der Waals surface area contributed by atoms with Crippen LogP contribution in [0.4, 0.5) is 0 Å². The maximum atomic E-state index is 6.75. The van der Waals surface area contributed by atoms with Crippen molar-refractivity contribution in [2.24, 2.45) is 0 Å². The van der Waals surface area contributed by atoms with E-state index in [4.69, 9.17) is 21.3 Å². The van der Waals surface area contributed by atoms with E-state index in [2.05, 4.69) is 67.6 Å². The quantitative estimate of drug-likeness (QED) is 0.177. The number of hydrogen-bond acceptors (Lipinski definition) is 5. The molecule has 0 N–H and O–H groups in total. The maximum Gasteiger partial charge on any atom is 1.20 e. The van der Waals surface area contributed by atoms with Crippen LogP contribution in [0.25, 0.3) is 43.7 Å². The summed E-state index contributed by atoms with van der Waals surface area (Å²) in [5.74, 6) is 1.96. The molecule has 7 rings (SSSR count). The standard InChI is InChI=1S/C17H14O.2C10H9NO.Al/c1-12-5-2-6-13(11-12)14-7-3-9-16-15(14)8-4-10-17(16)18;2*1-7-5-6-8-3-2-4-9(12)10(8)11-7;/h2-11,18H,1H3;2*2-6,12H,1H3;/q;;;+3/p-3. The molecule has 5 nitrogen and oxygen atoms in total. The number of rotatable bonds is 7. The number of fused-ring (bicyclic) bond motifs is 3. The van der Waals surface area contributed by atoms with E-state index in [-0.39, 0.29) is 0 Å². The molecule has 5 aromatic carbocycles. The number of para-hydroxylation sites is 2. The lowest BCUT2D eigenvalue weighted by molar-refractivity contribution is 0.311. The van der Waals surface area contributed by atoms with Crippen LogP contribution in [0.15, 0.2) is 121 Å². The van der Waals surface area contributed by atoms with E-state index >= 15 is 0 Å². The molecule has 0 aliphatic carbocycles. The molecule has 0 aliphatic rings. The van der Waals surface area contributed by atoms with Crippen LogP contribution in [0.1, 0.15) is 17.0 Å². The third-order valence-corrected chi connectivity index (χ3v) is 8.86. The summed E-state index contributed by atoms with van der Waals surface area (Å²) in [6, 6.07) is 40.9. The fraction of sp³-hybridized carbons (Fsp3) is 0.0811. The Labute approximate surface area is 255 Å². The Balaban J connectivity index is 1.33. The summed E-state index contributed by atoms with van der Waals surface area (Å²) in [6.07, 6.45) is 0. The van der Waals surface area contributed by atoms with Crippen LogP contribution in [-0.2, 0) is 0 Å². The van der Waals surface area contributed by atoms with Crippen molar-refractivity contribution in [2.45, 2.75) is 20.8 Å². The van der Waals surface area contributed by atoms with E-state index in [0.29, 0.717) is 17.2 Å². The molecule has 0 unspecified atom stereocenters. The van der Waals surface area contributed by atoms with Gasteiger partial charge in [0.2, 0.25) is 0 Å². The Morgan fingerprint density at radius 3 is 1.67 bits per heavy atom. The van der Waals surface area contributed by atoms with E-state index in [1.165, 1.54) is 11.1 Å². The molecule has 0 saturated carbocycles. The molecule has 7 aromatic rings. The van der Waals surface area contributed by atoms with Crippen LogP contribution in [0.5, 0.6) is 17.2 Å². The first-order chi connectivity index (χ1) is 21.0. The van der Waals surface area contributed by atoms with Crippen molar-refractivity contribution in [1.29, 1.82) is 0 Å². The van der Waals surface area contributed by atoms with Crippen molar-refractivity contribution in [1.82, 2.24) is 9.97 Å². The molecule has 2 aromatic heterocycles. The summed E-state index contributed by atoms with van der Waals surface area (Å²) in [5, 5.41) is 4.07. The first-order valence-corrected chi connectivity index (χ1v) is 15.7. The number of pyridine rings is 2. The van der Waals surface area contributed by atoms with Crippen molar-refractivity contribution >= 4 is 47.7 Å². The Morgan fingerprint density at radius 1 is 0.488 bits per heavy atom. The minimum atomic E-state index is -2.95. The second-order valence-electron chi connectivity index (χ2n) is 10.7. The molecule has 43 heavy (non-hydrogen) atoms. The first-order valence-electron chi connectivity index (χ1n) is 14.3. The van der Waals surface area contributed by atoms with Crippen LogP contribution in [-0.4, -0.2) is 25.1 Å². The SMILES string of the molecule is Cc1cccc(-c2cccc3c([O][Al]([O]c4cccc5ccc(C)nc45)[O]c4cccc5ccc(C)nc45)cccc23)c1. The van der Waals surface area contributed by atoms with Gasteiger partial charge in [-0.2, -0.15) is 0 Å². The molecule has 0 spiro atoms. The zero-order chi connectivity index (χ0) is 29.3. The lowest BCUT2D eigenvalue weighted by Crippen LogP contribution is -2.37. The van der Waals surface area contributed by atoms with Gasteiger partial charge >= 0.3 is 15.1 Å². The zero-order valence-electron chi connectivity index (χ0n) is 24.2. The molecule has 0 fully saturated rings. The van der Waals surface area contributed by atoms with Crippen LogP contribution < -0.4 is 11.4 Å². The third kappa shape index (κ3) is 5.51. The highest BCUT2D eigenvalue weighted by atomic mass is 27.3. The van der Waals surface area contributed by atoms with Gasteiger partial charge in [0.15, 0.2) is 0 Å². The largest absolute Gasteiger partial charge is 1.20 e. The molecular formula is C37H29AlN2O3. The molecule has 0 amide bonds. The van der Waals surface area contributed by atoms with Crippen molar-refractivity contribution in [3.05, 3.63) is 138 Å². The molecule has 0 aliphatic heterocycles. The highest BCUT2D eigenvalue weighted by Gasteiger charge is 2.45. The van der Waals surface area contributed by atoms with Crippen LogP contribution >= 0.6 is 0 Å². The highest BCUT2D eigenvalue weighted by molar-refractivity contribution is 6.40. The molecule has 0 radical (unpaired) electrons. The maximum absolute atomic E-state index is 6.75. The molecule has 0 bridgehead atoms. The predicted octanol–water partition coefficient (Wildman–Crippen LogP) is 9.05. The van der Waals surface area contributed by atoms with Crippen molar-refractivity contribution in [3.8, 4) is 28.4 Å². The fourth-order valence-electron chi connectivity index (χ4n) is 5.46. The van der Waals surface area contributed by atoms with E-state index in [9.17, 15) is 0 Å². The third-order valence-electron chi connectivity index (χ3n) is 7.53. The second-order valence-corrected chi connectivity index (χ2v) is 12.0. The van der Waals surface area contributed by atoms with Crippen LogP contribution in [0.3, 0.4) is 0 Å². The number of aryl methyl sites for hydroxylation is 3. The molecule has 2 heterocycles. The zero-order valence-corrected chi connectivity index (χ0v) is 25.4. The van der Waals surface area contributed by atoms with Crippen LogP contribution in [0, 0.1) is 20.8 Å². The molecule has 0 atom stereocenters. The summed E-state index contributed by atoms with van der Waals surface area (Å²) in [6.45, 7) is 6.07. The monoisotopic (exact) mass is 576 g/mol. The Kier molecular flexibility index (Phi) is 7.16. The summed E-state index contributed by atoms with van der Waals surface area (Å²) in [5.41, 5.74) is 6.91. The fourth-order valence-corrected chi connectivity index (χ4v) is 6.81. The average Bonchev–Trinajstić information content (AvgIpc) is 3.01. The summed E-state index contributed by atoms with van der Waals surface area (Å²) in [7, 11) is 0. The lowest BCUT2D eigenvalue weighted by Gasteiger charge is -2.19. The first kappa shape index (κ1) is 27.0. The Bertz CT molecular complexity index is 2040. The Hall–Kier alpha value is -4.89. The van der Waals surface area contributed by atoms with Gasteiger partial charge in [0.1, 0.15) is 22.5 Å². The summed E-state index contributed by atoms with van der Waals surface area (Å²) >= 11 is -2.95. The number of benzene rings is 5. The van der Waals surface area contributed by atoms with Crippen molar-refractivity contribution < 1.29 is 11.4 Å². The van der Waals surface area contributed by atoms with E-state index in [0.717, 1.165) is 49.5 Å². The number of hydrogen-bond donors (Lipinski definition) is 0. The number of nitrogens with zero attached hydrogens (tertiary/aromatic N) is 2. The molecular weight excluding hydrogens is 547 g/mol. The van der Waals surface area contributed by atoms with Gasteiger partial charge in [0.25, 0.3) is 0 Å². The second kappa shape index (κ2) is 11.4. The van der Waals surface area contributed by atoms with Gasteiger partial charge in [-0.25, -0.2) is 9.97 Å². The van der Waals surface area contributed by atoms with Gasteiger partial charge in [0, 0.05) is 27.5 Å². The minimum absolute atomic E-state index is 0.628. The average molecular weight is 577 g/mol. The summed E-state index contributed by atoms with van der Waals surface area (Å²) in [4.78, 5) is 9.56. The van der Waals surface area contributed by atoms with Gasteiger partial charge < -0.3 is 11.4 Å². The number of aromatic nitrogens is 2. The van der Waals surface area contributed by atoms with E-state index < -0.39 is 15.1 Å². The molecule has 6 heteroatoms. The van der Waals surface area contributed by atoms with E-state index in [1.807, 2.05) is 74.5 Å². The van der Waals surface area contributed by atoms with Gasteiger partial charge in [0.05, 0.1) is 5.75 Å². The summed E-state index contributed by atoms with van der Waals surface area (Å²) < 4.78 is 20.1. The topological polar surface area (TPSA) is 53.5 Å². The molecule has 208 valence electrons. The van der Waals surface area contributed by atoms with Gasteiger partial charge in [-0.15, -0.1) is 0 Å².